The van der Waals surface area contributed by atoms with Crippen LogP contribution in [0, 0.1) is 0 Å². The van der Waals surface area contributed by atoms with Gasteiger partial charge < -0.3 is 14.8 Å². The molecule has 1 N–H and O–H groups in total. The highest BCUT2D eigenvalue weighted by atomic mass is 35.5. The lowest BCUT2D eigenvalue weighted by Crippen LogP contribution is -2.17. The molecule has 0 aliphatic carbocycles. The van der Waals surface area contributed by atoms with Gasteiger partial charge in [-0.2, -0.15) is 13.2 Å². The molecule has 1 heterocycles. The summed E-state index contributed by atoms with van der Waals surface area (Å²) in [5.41, 5.74) is -0.462. The number of rotatable bonds is 2. The normalized spacial score (nSPS) is 13.5. The third-order valence-corrected chi connectivity index (χ3v) is 3.67. The molecular formula is C16H11ClF3NO3. The zero-order valence-corrected chi connectivity index (χ0v) is 12.9. The lowest BCUT2D eigenvalue weighted by atomic mass is 10.1. The summed E-state index contributed by atoms with van der Waals surface area (Å²) in [5.74, 6) is 0.328. The van der Waals surface area contributed by atoms with Gasteiger partial charge >= 0.3 is 6.18 Å². The summed E-state index contributed by atoms with van der Waals surface area (Å²) in [5, 5.41) is 2.78. The summed E-state index contributed by atoms with van der Waals surface area (Å²) < 4.78 is 48.4. The predicted molar refractivity (Wildman–Crippen MR) is 81.8 cm³/mol. The first-order chi connectivity index (χ1) is 11.3. The molecular weight excluding hydrogens is 347 g/mol. The van der Waals surface area contributed by atoms with E-state index in [0.717, 1.165) is 24.3 Å². The molecule has 8 heteroatoms. The van der Waals surface area contributed by atoms with Gasteiger partial charge in [0.2, 0.25) is 0 Å². The molecule has 1 amide bonds. The van der Waals surface area contributed by atoms with Crippen molar-refractivity contribution < 1.29 is 27.4 Å². The van der Waals surface area contributed by atoms with Crippen molar-refractivity contribution in [1.82, 2.24) is 0 Å². The average molecular weight is 358 g/mol. The molecule has 3 rings (SSSR count). The van der Waals surface area contributed by atoms with Gasteiger partial charge in [-0.05, 0) is 24.3 Å². The Kier molecular flexibility index (Phi) is 4.28. The van der Waals surface area contributed by atoms with Crippen LogP contribution in [0.25, 0.3) is 0 Å². The molecule has 0 bridgehead atoms. The molecule has 1 aliphatic heterocycles. The molecule has 0 unspecified atom stereocenters. The number of benzene rings is 2. The van der Waals surface area contributed by atoms with Crippen LogP contribution in [0.1, 0.15) is 15.9 Å². The number of carbonyl (C=O) groups excluding carboxylic acids is 1. The highest BCUT2D eigenvalue weighted by molar-refractivity contribution is 6.34. The molecule has 2 aromatic rings. The quantitative estimate of drug-likeness (QED) is 0.867. The molecule has 126 valence electrons. The van der Waals surface area contributed by atoms with E-state index in [1.165, 1.54) is 12.1 Å². The number of hydrogen-bond acceptors (Lipinski definition) is 3. The van der Waals surface area contributed by atoms with Gasteiger partial charge in [-0.3, -0.25) is 4.79 Å². The largest absolute Gasteiger partial charge is 0.486 e. The van der Waals surface area contributed by atoms with E-state index in [9.17, 15) is 18.0 Å². The summed E-state index contributed by atoms with van der Waals surface area (Å²) in [7, 11) is 0. The second kappa shape index (κ2) is 6.24. The SMILES string of the molecule is O=C(Nc1cc2c(cc1Cl)OCCO2)c1ccc(C(F)(F)F)cc1. The van der Waals surface area contributed by atoms with Gasteiger partial charge in [0, 0.05) is 17.7 Å². The molecule has 2 aromatic carbocycles. The minimum absolute atomic E-state index is 0.0777. The maximum Gasteiger partial charge on any atom is 0.416 e. The van der Waals surface area contributed by atoms with Crippen LogP contribution < -0.4 is 14.8 Å². The third kappa shape index (κ3) is 3.41. The van der Waals surface area contributed by atoms with Crippen LogP contribution in [0.15, 0.2) is 36.4 Å². The number of halogens is 4. The molecule has 4 nitrogen and oxygen atoms in total. The third-order valence-electron chi connectivity index (χ3n) is 3.35. The Morgan fingerprint density at radius 3 is 2.21 bits per heavy atom. The standard InChI is InChI=1S/C16H11ClF3NO3/c17-11-7-13-14(24-6-5-23-13)8-12(11)21-15(22)9-1-3-10(4-2-9)16(18,19)20/h1-4,7-8H,5-6H2,(H,21,22). The van der Waals surface area contributed by atoms with Crippen molar-refractivity contribution in [3.8, 4) is 11.5 Å². The zero-order chi connectivity index (χ0) is 17.3. The summed E-state index contributed by atoms with van der Waals surface area (Å²) in [6, 6.07) is 6.92. The fourth-order valence-electron chi connectivity index (χ4n) is 2.16. The first-order valence-electron chi connectivity index (χ1n) is 6.92. The van der Waals surface area contributed by atoms with E-state index in [0.29, 0.717) is 24.7 Å². The minimum Gasteiger partial charge on any atom is -0.486 e. The zero-order valence-electron chi connectivity index (χ0n) is 12.1. The minimum atomic E-state index is -4.45. The van der Waals surface area contributed by atoms with Crippen LogP contribution >= 0.6 is 11.6 Å². The number of alkyl halides is 3. The average Bonchev–Trinajstić information content (AvgIpc) is 2.55. The van der Waals surface area contributed by atoms with E-state index in [1.54, 1.807) is 0 Å². The molecule has 24 heavy (non-hydrogen) atoms. The molecule has 0 spiro atoms. The van der Waals surface area contributed by atoms with Crippen molar-refractivity contribution in [2.45, 2.75) is 6.18 Å². The Labute approximate surface area is 140 Å². The number of nitrogens with one attached hydrogen (secondary N) is 1. The number of carbonyl (C=O) groups is 1. The van der Waals surface area contributed by atoms with Gasteiger partial charge in [0.1, 0.15) is 13.2 Å². The molecule has 1 aliphatic rings. The highest BCUT2D eigenvalue weighted by Gasteiger charge is 2.30. The molecule has 0 aromatic heterocycles. The van der Waals surface area contributed by atoms with Crippen molar-refractivity contribution in [2.24, 2.45) is 0 Å². The summed E-state index contributed by atoms with van der Waals surface area (Å²) >= 11 is 6.08. The van der Waals surface area contributed by atoms with Crippen molar-refractivity contribution in [2.75, 3.05) is 18.5 Å². The van der Waals surface area contributed by atoms with Gasteiger partial charge in [-0.1, -0.05) is 11.6 Å². The second-order valence-corrected chi connectivity index (χ2v) is 5.41. The number of anilines is 1. The fraction of sp³-hybridized carbons (Fsp3) is 0.188. The van der Waals surface area contributed by atoms with Crippen molar-refractivity contribution in [3.05, 3.63) is 52.5 Å². The van der Waals surface area contributed by atoms with Crippen LogP contribution in [-0.4, -0.2) is 19.1 Å². The summed E-state index contributed by atoms with van der Waals surface area (Å²) in [6.07, 6.45) is -4.45. The Bertz CT molecular complexity index is 775. The van der Waals surface area contributed by atoms with Crippen LogP contribution in [0.5, 0.6) is 11.5 Å². The van der Waals surface area contributed by atoms with Crippen LogP contribution in [0.4, 0.5) is 18.9 Å². The van der Waals surface area contributed by atoms with E-state index in [1.807, 2.05) is 0 Å². The Morgan fingerprint density at radius 2 is 1.62 bits per heavy atom. The maximum atomic E-state index is 12.5. The van der Waals surface area contributed by atoms with E-state index < -0.39 is 17.6 Å². The summed E-state index contributed by atoms with van der Waals surface area (Å²) in [4.78, 5) is 12.2. The van der Waals surface area contributed by atoms with Crippen molar-refractivity contribution in [3.63, 3.8) is 0 Å². The summed E-state index contributed by atoms with van der Waals surface area (Å²) in [6.45, 7) is 0.779. The van der Waals surface area contributed by atoms with Gasteiger partial charge in [0.15, 0.2) is 11.5 Å². The van der Waals surface area contributed by atoms with Crippen LogP contribution in [0.3, 0.4) is 0 Å². The predicted octanol–water partition coefficient (Wildman–Crippen LogP) is 4.38. The smallest absolute Gasteiger partial charge is 0.416 e. The Balaban J connectivity index is 1.80. The monoisotopic (exact) mass is 357 g/mol. The van der Waals surface area contributed by atoms with E-state index in [4.69, 9.17) is 21.1 Å². The first-order valence-corrected chi connectivity index (χ1v) is 7.30. The van der Waals surface area contributed by atoms with Crippen LogP contribution in [0.2, 0.25) is 5.02 Å². The van der Waals surface area contributed by atoms with Gasteiger partial charge in [-0.15, -0.1) is 0 Å². The van der Waals surface area contributed by atoms with E-state index in [-0.39, 0.29) is 16.3 Å². The maximum absolute atomic E-state index is 12.5. The number of hydrogen-bond donors (Lipinski definition) is 1. The number of fused-ring (bicyclic) bond motifs is 1. The van der Waals surface area contributed by atoms with E-state index >= 15 is 0 Å². The van der Waals surface area contributed by atoms with E-state index in [2.05, 4.69) is 5.32 Å². The highest BCUT2D eigenvalue weighted by Crippen LogP contribution is 2.38. The fourth-order valence-corrected chi connectivity index (χ4v) is 2.37. The molecule has 0 radical (unpaired) electrons. The van der Waals surface area contributed by atoms with Gasteiger partial charge in [-0.25, -0.2) is 0 Å². The second-order valence-electron chi connectivity index (χ2n) is 5.00. The lowest BCUT2D eigenvalue weighted by Gasteiger charge is -2.20. The Hall–Kier alpha value is -2.41. The molecule has 0 saturated heterocycles. The molecule has 0 saturated carbocycles. The first kappa shape index (κ1) is 16.4. The molecule has 0 atom stereocenters. The van der Waals surface area contributed by atoms with Gasteiger partial charge in [0.25, 0.3) is 5.91 Å². The lowest BCUT2D eigenvalue weighted by molar-refractivity contribution is -0.137. The number of ether oxygens (including phenoxy) is 2. The van der Waals surface area contributed by atoms with Crippen molar-refractivity contribution in [1.29, 1.82) is 0 Å². The van der Waals surface area contributed by atoms with Gasteiger partial charge in [0.05, 0.1) is 16.3 Å². The Morgan fingerprint density at radius 1 is 1.04 bits per heavy atom. The van der Waals surface area contributed by atoms with Crippen LogP contribution in [-0.2, 0) is 6.18 Å². The molecule has 0 fully saturated rings. The topological polar surface area (TPSA) is 47.6 Å². The number of amides is 1. The van der Waals surface area contributed by atoms with Crippen molar-refractivity contribution >= 4 is 23.2 Å².